The number of fused-ring (bicyclic) bond motifs is 1. The molecule has 3 aromatic rings. The lowest BCUT2D eigenvalue weighted by atomic mass is 10.1. The van der Waals surface area contributed by atoms with E-state index in [2.05, 4.69) is 20.3 Å². The van der Waals surface area contributed by atoms with Gasteiger partial charge in [-0.3, -0.25) is 4.79 Å². The van der Waals surface area contributed by atoms with Crippen molar-refractivity contribution in [1.82, 2.24) is 15.0 Å². The minimum absolute atomic E-state index is 0.148. The van der Waals surface area contributed by atoms with Gasteiger partial charge in [0.2, 0.25) is 5.91 Å². The second-order valence-electron chi connectivity index (χ2n) is 5.42. The van der Waals surface area contributed by atoms with Crippen molar-refractivity contribution < 1.29 is 14.3 Å². The summed E-state index contributed by atoms with van der Waals surface area (Å²) in [4.78, 5) is 35.3. The Bertz CT molecular complexity index is 989. The molecule has 0 saturated heterocycles. The summed E-state index contributed by atoms with van der Waals surface area (Å²) < 4.78 is 4.70. The van der Waals surface area contributed by atoms with Gasteiger partial charge in [-0.05, 0) is 30.7 Å². The second-order valence-corrected chi connectivity index (χ2v) is 6.83. The van der Waals surface area contributed by atoms with Gasteiger partial charge in [-0.1, -0.05) is 29.4 Å². The van der Waals surface area contributed by atoms with Crippen molar-refractivity contribution in [3.8, 4) is 0 Å². The normalized spacial score (nSPS) is 10.7. The minimum atomic E-state index is -0.455. The van der Waals surface area contributed by atoms with E-state index in [1.54, 1.807) is 24.3 Å². The van der Waals surface area contributed by atoms with Gasteiger partial charge >= 0.3 is 5.97 Å². The Morgan fingerprint density at radius 3 is 2.92 bits per heavy atom. The molecule has 0 radical (unpaired) electrons. The number of anilines is 1. The fourth-order valence-electron chi connectivity index (χ4n) is 2.24. The van der Waals surface area contributed by atoms with Crippen LogP contribution < -0.4 is 5.32 Å². The van der Waals surface area contributed by atoms with Crippen molar-refractivity contribution in [2.45, 2.75) is 12.1 Å². The molecular weight excluding hydrogens is 376 g/mol. The van der Waals surface area contributed by atoms with Crippen LogP contribution in [0.1, 0.15) is 15.9 Å². The van der Waals surface area contributed by atoms with Crippen LogP contribution in [0.2, 0.25) is 5.02 Å². The number of hydrogen-bond donors (Lipinski definition) is 2. The van der Waals surface area contributed by atoms with E-state index in [1.165, 1.54) is 25.1 Å². The average Bonchev–Trinajstić information content (AvgIpc) is 3.03. The quantitative estimate of drug-likeness (QED) is 0.511. The molecule has 0 aliphatic rings. The predicted octanol–water partition coefficient (Wildman–Crippen LogP) is 3.44. The lowest BCUT2D eigenvalue weighted by Gasteiger charge is -2.09. The topological polar surface area (TPSA) is 97.0 Å². The predicted molar refractivity (Wildman–Crippen MR) is 101 cm³/mol. The van der Waals surface area contributed by atoms with E-state index < -0.39 is 5.97 Å². The Labute approximate surface area is 158 Å². The highest BCUT2D eigenvalue weighted by Crippen LogP contribution is 2.22. The molecule has 2 aromatic heterocycles. The molecule has 9 heteroatoms. The highest BCUT2D eigenvalue weighted by molar-refractivity contribution is 7.99. The lowest BCUT2D eigenvalue weighted by molar-refractivity contribution is -0.113. The number of pyridine rings is 1. The Morgan fingerprint density at radius 2 is 2.15 bits per heavy atom. The van der Waals surface area contributed by atoms with E-state index in [4.69, 9.17) is 16.3 Å². The molecule has 2 heterocycles. The van der Waals surface area contributed by atoms with Crippen LogP contribution in [-0.4, -0.2) is 39.7 Å². The number of carbonyl (C=O) groups is 2. The number of amides is 1. The number of rotatable bonds is 5. The van der Waals surface area contributed by atoms with E-state index in [0.717, 1.165) is 5.56 Å². The van der Waals surface area contributed by atoms with Crippen LogP contribution in [0, 0.1) is 6.92 Å². The molecule has 26 heavy (non-hydrogen) atoms. The summed E-state index contributed by atoms with van der Waals surface area (Å²) in [6.07, 6.45) is 1.52. The second kappa shape index (κ2) is 7.76. The zero-order valence-corrected chi connectivity index (χ0v) is 15.6. The van der Waals surface area contributed by atoms with Crippen molar-refractivity contribution in [2.24, 2.45) is 0 Å². The zero-order chi connectivity index (χ0) is 18.7. The van der Waals surface area contributed by atoms with E-state index >= 15 is 0 Å². The van der Waals surface area contributed by atoms with Crippen molar-refractivity contribution in [3.63, 3.8) is 0 Å². The number of aromatic amines is 1. The number of imidazole rings is 1. The van der Waals surface area contributed by atoms with Crippen molar-refractivity contribution in [1.29, 1.82) is 0 Å². The number of aromatic nitrogens is 3. The van der Waals surface area contributed by atoms with Crippen LogP contribution in [0.4, 0.5) is 5.69 Å². The third-order valence-electron chi connectivity index (χ3n) is 3.56. The molecule has 7 nitrogen and oxygen atoms in total. The number of nitrogens with one attached hydrogen (secondary N) is 2. The average molecular weight is 391 g/mol. The van der Waals surface area contributed by atoms with Crippen LogP contribution in [0.5, 0.6) is 0 Å². The van der Waals surface area contributed by atoms with Gasteiger partial charge in [0.15, 0.2) is 10.8 Å². The molecule has 0 bridgehead atoms. The molecule has 0 saturated carbocycles. The van der Waals surface area contributed by atoms with Gasteiger partial charge in [0.1, 0.15) is 0 Å². The van der Waals surface area contributed by atoms with Crippen LogP contribution >= 0.6 is 23.4 Å². The summed E-state index contributed by atoms with van der Waals surface area (Å²) in [5.74, 6) is -0.523. The monoisotopic (exact) mass is 390 g/mol. The van der Waals surface area contributed by atoms with Crippen LogP contribution in [0.15, 0.2) is 35.6 Å². The van der Waals surface area contributed by atoms with E-state index in [0.29, 0.717) is 32.6 Å². The smallest absolute Gasteiger partial charge is 0.337 e. The molecule has 2 N–H and O–H groups in total. The molecule has 134 valence electrons. The van der Waals surface area contributed by atoms with E-state index in [1.807, 2.05) is 6.92 Å². The lowest BCUT2D eigenvalue weighted by Crippen LogP contribution is -2.15. The molecule has 0 fully saturated rings. The van der Waals surface area contributed by atoms with E-state index in [9.17, 15) is 9.59 Å². The zero-order valence-electron chi connectivity index (χ0n) is 14.0. The Morgan fingerprint density at radius 1 is 1.35 bits per heavy atom. The number of aryl methyl sites for hydroxylation is 1. The summed E-state index contributed by atoms with van der Waals surface area (Å²) in [5.41, 5.74) is 3.04. The fourth-order valence-corrected chi connectivity index (χ4v) is 3.07. The standard InChI is InChI=1S/C17H15ClN4O3S/c1-9-3-4-10(16(24)25-2)5-12(9)20-14(23)8-26-17-21-13-6-11(18)7-19-15(13)22-17/h3-7H,8H2,1-2H3,(H,20,23)(H,19,21,22). The Hall–Kier alpha value is -2.58. The number of H-pyrrole nitrogens is 1. The first-order valence-corrected chi connectivity index (χ1v) is 8.95. The third kappa shape index (κ3) is 4.14. The number of methoxy groups -OCH3 is 1. The van der Waals surface area contributed by atoms with Gasteiger partial charge in [-0.15, -0.1) is 0 Å². The summed E-state index contributed by atoms with van der Waals surface area (Å²) in [6.45, 7) is 1.85. The maximum Gasteiger partial charge on any atom is 0.337 e. The van der Waals surface area contributed by atoms with Gasteiger partial charge in [0.25, 0.3) is 0 Å². The summed E-state index contributed by atoms with van der Waals surface area (Å²) in [5, 5.41) is 3.88. The van der Waals surface area contributed by atoms with Gasteiger partial charge in [-0.25, -0.2) is 14.8 Å². The molecule has 1 amide bonds. The molecule has 3 rings (SSSR count). The molecule has 0 atom stereocenters. The van der Waals surface area contributed by atoms with Gasteiger partial charge < -0.3 is 15.0 Å². The van der Waals surface area contributed by atoms with Gasteiger partial charge in [-0.2, -0.15) is 0 Å². The number of hydrogen-bond acceptors (Lipinski definition) is 6. The largest absolute Gasteiger partial charge is 0.465 e. The number of thioether (sulfide) groups is 1. The van der Waals surface area contributed by atoms with Crippen molar-refractivity contribution in [3.05, 3.63) is 46.6 Å². The SMILES string of the molecule is COC(=O)c1ccc(C)c(NC(=O)CSc2nc3ncc(Cl)cc3[nH]2)c1. The number of benzene rings is 1. The maximum atomic E-state index is 12.2. The number of nitrogens with zero attached hydrogens (tertiary/aromatic N) is 2. The van der Waals surface area contributed by atoms with Gasteiger partial charge in [0.05, 0.1) is 29.0 Å². The van der Waals surface area contributed by atoms with Crippen LogP contribution in [0.25, 0.3) is 11.2 Å². The first-order valence-electron chi connectivity index (χ1n) is 7.59. The summed E-state index contributed by atoms with van der Waals surface area (Å²) in [7, 11) is 1.31. The van der Waals surface area contributed by atoms with Crippen LogP contribution in [0.3, 0.4) is 0 Å². The number of esters is 1. The highest BCUT2D eigenvalue weighted by Gasteiger charge is 2.12. The number of halogens is 1. The van der Waals surface area contributed by atoms with Gasteiger partial charge in [0, 0.05) is 11.9 Å². The van der Waals surface area contributed by atoms with Crippen molar-refractivity contribution in [2.75, 3.05) is 18.2 Å². The molecule has 0 aliphatic carbocycles. The molecule has 0 aliphatic heterocycles. The first kappa shape index (κ1) is 18.2. The highest BCUT2D eigenvalue weighted by atomic mass is 35.5. The van der Waals surface area contributed by atoms with E-state index in [-0.39, 0.29) is 11.7 Å². The molecular formula is C17H15ClN4O3S. The molecule has 1 aromatic carbocycles. The Kier molecular flexibility index (Phi) is 5.43. The van der Waals surface area contributed by atoms with Crippen LogP contribution in [-0.2, 0) is 9.53 Å². The summed E-state index contributed by atoms with van der Waals surface area (Å²) in [6, 6.07) is 6.72. The first-order chi connectivity index (χ1) is 12.5. The maximum absolute atomic E-state index is 12.2. The number of carbonyl (C=O) groups excluding carboxylic acids is 2. The third-order valence-corrected chi connectivity index (χ3v) is 4.64. The number of ether oxygens (including phenoxy) is 1. The molecule has 0 spiro atoms. The van der Waals surface area contributed by atoms with Crippen molar-refractivity contribution >= 4 is 52.1 Å². The molecule has 0 unspecified atom stereocenters. The fraction of sp³-hybridized carbons (Fsp3) is 0.176. The summed E-state index contributed by atoms with van der Waals surface area (Å²) >= 11 is 7.14. The Balaban J connectivity index is 1.66. The minimum Gasteiger partial charge on any atom is -0.465 e.